The van der Waals surface area contributed by atoms with Gasteiger partial charge in [-0.15, -0.1) is 0 Å². The number of esters is 1. The van der Waals surface area contributed by atoms with E-state index in [4.69, 9.17) is 20.1 Å². The number of nitrogens with zero attached hydrogens (tertiary/aromatic N) is 7. The van der Waals surface area contributed by atoms with Crippen molar-refractivity contribution in [2.75, 3.05) is 26.9 Å². The van der Waals surface area contributed by atoms with Crippen molar-refractivity contribution >= 4 is 99.1 Å². The molecule has 3 aromatic carbocycles. The summed E-state index contributed by atoms with van der Waals surface area (Å²) in [6.45, 7) is 3.08. The van der Waals surface area contributed by atoms with E-state index < -0.39 is 5.97 Å². The predicted molar refractivity (Wildman–Crippen MR) is 268 cm³/mol. The first-order valence-corrected chi connectivity index (χ1v) is 21.0. The molecule has 0 bridgehead atoms. The second-order valence-corrected chi connectivity index (χ2v) is 15.7. The Kier molecular flexibility index (Phi) is 25.1. The number of halogens is 3. The van der Waals surface area contributed by atoms with Gasteiger partial charge in [-0.1, -0.05) is 75.3 Å². The second-order valence-electron chi connectivity index (χ2n) is 12.9. The summed E-state index contributed by atoms with van der Waals surface area (Å²) in [4.78, 5) is 56.1. The molecule has 0 saturated heterocycles. The first-order valence-electron chi connectivity index (χ1n) is 18.6. The first kappa shape index (κ1) is 60.1. The maximum Gasteiger partial charge on any atom is 1.00 e. The monoisotopic (exact) mass is 1130 g/mol. The van der Waals surface area contributed by atoms with Gasteiger partial charge in [0.25, 0.3) is 5.91 Å². The van der Waals surface area contributed by atoms with Crippen LogP contribution in [0.3, 0.4) is 0 Å². The fourth-order valence-electron chi connectivity index (χ4n) is 6.02. The third-order valence-electron chi connectivity index (χ3n) is 8.89. The zero-order chi connectivity index (χ0) is 45.0. The van der Waals surface area contributed by atoms with E-state index in [0.29, 0.717) is 48.1 Å². The van der Waals surface area contributed by atoms with Crippen molar-refractivity contribution in [2.24, 2.45) is 11.1 Å². The molecule has 20 nitrogen and oxygen atoms in total. The number of amides is 1. The summed E-state index contributed by atoms with van der Waals surface area (Å²) < 4.78 is 18.6. The molecule has 9 rings (SSSR count). The molecule has 0 aliphatic carbocycles. The van der Waals surface area contributed by atoms with Crippen LogP contribution in [-0.4, -0.2) is 98.9 Å². The summed E-state index contributed by atoms with van der Waals surface area (Å²) in [5.41, 5.74) is 13.9. The third kappa shape index (κ3) is 14.8. The van der Waals surface area contributed by atoms with Crippen molar-refractivity contribution in [3.8, 4) is 17.1 Å². The maximum atomic E-state index is 12.0. The smallest absolute Gasteiger partial charge is 0.870 e. The van der Waals surface area contributed by atoms with Crippen LogP contribution in [0, 0.1) is 5.53 Å². The molecule has 0 aliphatic rings. The molecule has 0 unspecified atom stereocenters. The topological polar surface area (TPSA) is 295 Å². The SMILES string of the molecule is C.C.C.CCOC(=O)c1cc2c(ncn2-c2ccc(Br)cc2)[nH]1.COCCNC(=O)c1cc2c(ncn2-c2ccc(Br)cc2)[nH]1.N=NN.O=C(O)c1cc2c(ncn2-c2ccc(Br)cc2)[nH]1.[Na+].[OH-]. The zero-order valence-electron chi connectivity index (χ0n) is 34.8. The number of fused-ring (bicyclic) bond motifs is 3. The van der Waals surface area contributed by atoms with E-state index in [0.717, 1.165) is 47.0 Å². The number of hydrogen-bond donors (Lipinski definition) is 7. The average molecular weight is 1140 g/mol. The standard InChI is InChI=1S/C15H15BrN4O2.C14H12BrN3O2.C12H8BrN3O2.3CH4.H3N3.Na.H2O/c1-22-7-6-17-15(21)12-8-13-14(19-12)18-9-20(13)11-4-2-10(16)3-5-11;1-2-20-14(19)11-7-12-13(17-11)16-8-18(12)10-5-3-9(15)4-6-10;13-7-1-3-8(4-2-7)16-6-14-11-10(16)5-9(15-11)12(17)18;;;;1-3-2;;/h2-5,8-9,19H,6-7H2,1H3,(H,17,21);3-8,17H,2H2,1H3;1-6,15H,(H,17,18);3*1H4;(H3,1,2);;1H2/q;;;;;;;+1;/p-1. The van der Waals surface area contributed by atoms with Gasteiger partial charge >= 0.3 is 41.5 Å². The zero-order valence-corrected chi connectivity index (χ0v) is 41.5. The first-order chi connectivity index (χ1) is 30.4. The molecule has 356 valence electrons. The Labute approximate surface area is 438 Å². The van der Waals surface area contributed by atoms with Gasteiger partial charge in [0, 0.05) is 44.1 Å². The number of H-pyrrole nitrogens is 3. The average Bonchev–Trinajstić information content (AvgIpc) is 4.13. The number of hydrogen-bond acceptors (Lipinski definition) is 11. The van der Waals surface area contributed by atoms with Crippen molar-refractivity contribution in [3.63, 3.8) is 0 Å². The van der Waals surface area contributed by atoms with E-state index in [1.54, 1.807) is 51.2 Å². The molecule has 6 aromatic heterocycles. The predicted octanol–water partition coefficient (Wildman–Crippen LogP) is 7.23. The fraction of sp³-hybridized carbons (Fsp3) is 0.182. The molecule has 1 amide bonds. The van der Waals surface area contributed by atoms with Crippen molar-refractivity contribution in [3.05, 3.63) is 140 Å². The second kappa shape index (κ2) is 28.4. The van der Waals surface area contributed by atoms with Gasteiger partial charge in [-0.3, -0.25) is 18.5 Å². The Morgan fingerprint density at radius 2 is 1.03 bits per heavy atom. The number of imidazole rings is 3. The fourth-order valence-corrected chi connectivity index (χ4v) is 6.81. The number of carbonyl (C=O) groups excluding carboxylic acids is 2. The van der Waals surface area contributed by atoms with Crippen molar-refractivity contribution in [2.45, 2.75) is 29.2 Å². The van der Waals surface area contributed by atoms with Crippen molar-refractivity contribution in [1.29, 1.82) is 5.53 Å². The van der Waals surface area contributed by atoms with E-state index in [1.807, 2.05) is 86.5 Å². The van der Waals surface area contributed by atoms with Crippen LogP contribution in [0.1, 0.15) is 60.7 Å². The summed E-state index contributed by atoms with van der Waals surface area (Å²) in [7, 11) is 1.60. The molecule has 0 fully saturated rings. The molecular formula is C44H51Br3N13NaO7. The van der Waals surface area contributed by atoms with Crippen molar-refractivity contribution < 1.29 is 64.0 Å². The van der Waals surface area contributed by atoms with Gasteiger partial charge in [-0.05, 0) is 97.9 Å². The van der Waals surface area contributed by atoms with Gasteiger partial charge in [0.1, 0.15) is 36.1 Å². The molecule has 6 heterocycles. The molecular weight excluding hydrogens is 1090 g/mol. The Bertz CT molecular complexity index is 2980. The van der Waals surface area contributed by atoms with Crippen LogP contribution in [0.2, 0.25) is 0 Å². The number of carbonyl (C=O) groups is 3. The minimum Gasteiger partial charge on any atom is -0.870 e. The van der Waals surface area contributed by atoms with Crippen molar-refractivity contribution in [1.82, 2.24) is 48.9 Å². The summed E-state index contributed by atoms with van der Waals surface area (Å²) in [5.74, 6) is 2.61. The van der Waals surface area contributed by atoms with Crippen LogP contribution in [0.25, 0.3) is 50.6 Å². The van der Waals surface area contributed by atoms with Gasteiger partial charge in [0.05, 0.1) is 29.8 Å². The van der Waals surface area contributed by atoms with Crippen LogP contribution >= 0.6 is 47.8 Å². The van der Waals surface area contributed by atoms with E-state index >= 15 is 0 Å². The third-order valence-corrected chi connectivity index (χ3v) is 10.5. The van der Waals surface area contributed by atoms with E-state index in [-0.39, 0.29) is 74.9 Å². The number of aromatic amines is 3. The Morgan fingerprint density at radius 1 is 0.691 bits per heavy atom. The van der Waals surface area contributed by atoms with Gasteiger partial charge in [0.2, 0.25) is 0 Å². The minimum absolute atomic E-state index is 0. The number of rotatable bonds is 10. The normalized spacial score (nSPS) is 9.84. The summed E-state index contributed by atoms with van der Waals surface area (Å²) in [6, 6.07) is 28.6. The Hall–Kier alpha value is -5.92. The molecule has 0 atom stereocenters. The number of aromatic carboxylic acids is 1. The number of ether oxygens (including phenoxy) is 2. The van der Waals surface area contributed by atoms with Crippen LogP contribution in [-0.2, 0) is 9.47 Å². The number of methoxy groups -OCH3 is 1. The van der Waals surface area contributed by atoms with Gasteiger partial charge in [-0.2, -0.15) is 5.53 Å². The summed E-state index contributed by atoms with van der Waals surface area (Å²) in [5, 5.41) is 14.0. The molecule has 0 spiro atoms. The number of nitrogens with two attached hydrogens (primary N) is 1. The van der Waals surface area contributed by atoms with Gasteiger partial charge in [-0.25, -0.2) is 24.5 Å². The van der Waals surface area contributed by atoms with Crippen LogP contribution in [0.5, 0.6) is 0 Å². The quantitative estimate of drug-likeness (QED) is 0.0179. The molecule has 0 radical (unpaired) electrons. The number of nitrogens with one attached hydrogen (secondary N) is 5. The van der Waals surface area contributed by atoms with Crippen LogP contribution < -0.4 is 40.7 Å². The molecule has 0 aliphatic heterocycles. The largest absolute Gasteiger partial charge is 1.00 e. The number of benzene rings is 3. The molecule has 68 heavy (non-hydrogen) atoms. The summed E-state index contributed by atoms with van der Waals surface area (Å²) >= 11 is 10.2. The minimum atomic E-state index is -0.990. The van der Waals surface area contributed by atoms with Gasteiger partial charge < -0.3 is 46.2 Å². The summed E-state index contributed by atoms with van der Waals surface area (Å²) in [6.07, 6.45) is 5.12. The molecule has 24 heteroatoms. The van der Waals surface area contributed by atoms with E-state index in [2.05, 4.69) is 94.1 Å². The van der Waals surface area contributed by atoms with Crippen LogP contribution in [0.4, 0.5) is 0 Å². The van der Waals surface area contributed by atoms with E-state index in [9.17, 15) is 14.4 Å². The van der Waals surface area contributed by atoms with Gasteiger partial charge in [0.15, 0.2) is 16.9 Å². The number of aromatic nitrogens is 9. The molecule has 9 aromatic rings. The van der Waals surface area contributed by atoms with Crippen LogP contribution in [0.15, 0.2) is 129 Å². The Balaban J connectivity index is 0.000000480. The molecule has 0 saturated carbocycles. The Morgan fingerprint density at radius 3 is 1.38 bits per heavy atom. The molecule has 9 N–H and O–H groups in total. The maximum absolute atomic E-state index is 12.0. The number of carboxylic acids is 1. The number of carboxylic acid groups (broad SMARTS) is 1. The van der Waals surface area contributed by atoms with E-state index in [1.165, 1.54) is 0 Å².